The Labute approximate surface area is 161 Å². The molecule has 2 N–H and O–H groups in total. The molecule has 2 heterocycles. The van der Waals surface area contributed by atoms with E-state index < -0.39 is 15.9 Å². The third kappa shape index (κ3) is 4.03. The highest BCUT2D eigenvalue weighted by Crippen LogP contribution is 2.29. The number of benzene rings is 1. The Kier molecular flexibility index (Phi) is 5.57. The van der Waals surface area contributed by atoms with Crippen molar-refractivity contribution in [3.05, 3.63) is 39.5 Å². The van der Waals surface area contributed by atoms with Crippen LogP contribution in [0.4, 0.5) is 5.69 Å². The molecule has 1 aliphatic rings. The van der Waals surface area contributed by atoms with Gasteiger partial charge in [0.1, 0.15) is 5.75 Å². The van der Waals surface area contributed by atoms with Gasteiger partial charge in [-0.05, 0) is 43.0 Å². The van der Waals surface area contributed by atoms with Crippen LogP contribution >= 0.6 is 22.9 Å². The lowest BCUT2D eigenvalue weighted by molar-refractivity contribution is 0.103. The Balaban J connectivity index is 1.78. The Morgan fingerprint density at radius 3 is 2.88 bits per heavy atom. The highest BCUT2D eigenvalue weighted by molar-refractivity contribution is 7.89. The van der Waals surface area contributed by atoms with Crippen molar-refractivity contribution in [1.82, 2.24) is 4.31 Å². The van der Waals surface area contributed by atoms with Crippen molar-refractivity contribution in [2.75, 3.05) is 18.4 Å². The lowest BCUT2D eigenvalue weighted by Gasteiger charge is -2.29. The van der Waals surface area contributed by atoms with Gasteiger partial charge in [-0.3, -0.25) is 4.79 Å². The summed E-state index contributed by atoms with van der Waals surface area (Å²) < 4.78 is 27.0. The van der Waals surface area contributed by atoms with Crippen LogP contribution in [0.2, 0.25) is 5.02 Å². The molecule has 1 aliphatic heterocycles. The quantitative estimate of drug-likeness (QED) is 0.745. The van der Waals surface area contributed by atoms with E-state index in [-0.39, 0.29) is 21.2 Å². The first kappa shape index (κ1) is 19.2. The van der Waals surface area contributed by atoms with Gasteiger partial charge in [0, 0.05) is 23.5 Å². The maximum atomic E-state index is 12.8. The molecule has 0 spiro atoms. The number of aromatic hydroxyl groups is 1. The molecule has 1 aromatic carbocycles. The highest BCUT2D eigenvalue weighted by Gasteiger charge is 2.30. The van der Waals surface area contributed by atoms with E-state index >= 15 is 0 Å². The molecule has 0 bridgehead atoms. The molecule has 1 aromatic heterocycles. The van der Waals surface area contributed by atoms with Gasteiger partial charge in [-0.2, -0.15) is 4.31 Å². The maximum absolute atomic E-state index is 12.8. The number of phenols is 1. The summed E-state index contributed by atoms with van der Waals surface area (Å²) in [4.78, 5) is 12.7. The summed E-state index contributed by atoms with van der Waals surface area (Å²) >= 11 is 6.91. The van der Waals surface area contributed by atoms with Gasteiger partial charge in [-0.1, -0.05) is 18.5 Å². The molecule has 1 fully saturated rings. The topological polar surface area (TPSA) is 86.7 Å². The van der Waals surface area contributed by atoms with E-state index in [1.807, 2.05) is 6.92 Å². The minimum Gasteiger partial charge on any atom is -0.506 e. The van der Waals surface area contributed by atoms with Crippen LogP contribution < -0.4 is 5.32 Å². The van der Waals surface area contributed by atoms with Crippen LogP contribution in [0.15, 0.2) is 34.5 Å². The first-order chi connectivity index (χ1) is 12.3. The molecule has 140 valence electrons. The van der Waals surface area contributed by atoms with Gasteiger partial charge in [-0.25, -0.2) is 8.42 Å². The van der Waals surface area contributed by atoms with Crippen molar-refractivity contribution in [3.63, 3.8) is 0 Å². The number of thiophene rings is 1. The number of halogens is 1. The molecule has 6 nitrogen and oxygen atoms in total. The summed E-state index contributed by atoms with van der Waals surface area (Å²) in [5.41, 5.74) is 0.171. The van der Waals surface area contributed by atoms with Gasteiger partial charge in [0.15, 0.2) is 0 Å². The second-order valence-electron chi connectivity index (χ2n) is 6.37. The number of carbonyl (C=O) groups is 1. The summed E-state index contributed by atoms with van der Waals surface area (Å²) in [6.45, 7) is 3.03. The molecule has 9 heteroatoms. The second-order valence-corrected chi connectivity index (χ2v) is 9.66. The van der Waals surface area contributed by atoms with E-state index in [1.165, 1.54) is 34.0 Å². The van der Waals surface area contributed by atoms with Crippen LogP contribution in [0.5, 0.6) is 5.75 Å². The van der Waals surface area contributed by atoms with Crippen molar-refractivity contribution < 1.29 is 18.3 Å². The number of nitrogens with zero attached hydrogens (tertiary/aromatic N) is 1. The van der Waals surface area contributed by atoms with Crippen molar-refractivity contribution in [3.8, 4) is 5.75 Å². The number of hydrogen-bond acceptors (Lipinski definition) is 5. The van der Waals surface area contributed by atoms with Crippen LogP contribution in [0.1, 0.15) is 29.4 Å². The minimum atomic E-state index is -3.60. The number of amides is 1. The SMILES string of the molecule is C[C@H]1CCCN(S(=O)(=O)c2csc(C(=O)Nc3cc(Cl)ccc3O)c2)C1. The van der Waals surface area contributed by atoms with Gasteiger partial charge in [0.25, 0.3) is 5.91 Å². The summed E-state index contributed by atoms with van der Waals surface area (Å²) in [7, 11) is -3.60. The molecular weight excluding hydrogens is 396 g/mol. The van der Waals surface area contributed by atoms with Gasteiger partial charge >= 0.3 is 0 Å². The molecule has 1 saturated heterocycles. The number of phenolic OH excluding ortho intramolecular Hbond substituents is 1. The molecule has 2 aromatic rings. The smallest absolute Gasteiger partial charge is 0.265 e. The Hall–Kier alpha value is -1.61. The van der Waals surface area contributed by atoms with E-state index in [2.05, 4.69) is 5.32 Å². The van der Waals surface area contributed by atoms with Crippen molar-refractivity contribution in [2.24, 2.45) is 5.92 Å². The number of piperidine rings is 1. The normalized spacial score (nSPS) is 18.6. The van der Waals surface area contributed by atoms with Gasteiger partial charge < -0.3 is 10.4 Å². The standard InChI is InChI=1S/C17H19ClN2O4S2/c1-11-3-2-6-20(9-11)26(23,24)13-8-16(25-10-13)17(22)19-14-7-12(18)4-5-15(14)21/h4-5,7-8,10-11,21H,2-3,6,9H2,1H3,(H,19,22)/t11-/m0/s1. The predicted octanol–water partition coefficient (Wildman–Crippen LogP) is 3.78. The lowest BCUT2D eigenvalue weighted by atomic mass is 10.0. The number of hydrogen-bond donors (Lipinski definition) is 2. The zero-order valence-electron chi connectivity index (χ0n) is 14.1. The zero-order chi connectivity index (χ0) is 18.9. The number of nitrogens with one attached hydrogen (secondary N) is 1. The monoisotopic (exact) mass is 414 g/mol. The lowest BCUT2D eigenvalue weighted by Crippen LogP contribution is -2.38. The third-order valence-corrected chi connectivity index (χ3v) is 7.42. The zero-order valence-corrected chi connectivity index (χ0v) is 16.5. The number of carbonyl (C=O) groups excluding carboxylic acids is 1. The molecule has 0 aliphatic carbocycles. The molecule has 0 saturated carbocycles. The van der Waals surface area contributed by atoms with E-state index in [1.54, 1.807) is 0 Å². The van der Waals surface area contributed by atoms with Crippen molar-refractivity contribution in [1.29, 1.82) is 0 Å². The van der Waals surface area contributed by atoms with E-state index in [0.717, 1.165) is 24.2 Å². The molecule has 3 rings (SSSR count). The molecular formula is C17H19ClN2O4S2. The Bertz CT molecular complexity index is 927. The van der Waals surface area contributed by atoms with Gasteiger partial charge in [-0.15, -0.1) is 11.3 Å². The molecule has 26 heavy (non-hydrogen) atoms. The van der Waals surface area contributed by atoms with Crippen LogP contribution in [0, 0.1) is 5.92 Å². The fraction of sp³-hybridized carbons (Fsp3) is 0.353. The van der Waals surface area contributed by atoms with Crippen LogP contribution in [-0.4, -0.2) is 36.8 Å². The highest BCUT2D eigenvalue weighted by atomic mass is 35.5. The van der Waals surface area contributed by atoms with E-state index in [4.69, 9.17) is 11.6 Å². The van der Waals surface area contributed by atoms with Gasteiger partial charge in [0.05, 0.1) is 15.5 Å². The number of sulfonamides is 1. The Morgan fingerprint density at radius 2 is 2.15 bits per heavy atom. The molecule has 1 atom stereocenters. The average Bonchev–Trinajstić information content (AvgIpc) is 3.09. The summed E-state index contributed by atoms with van der Waals surface area (Å²) in [5, 5.41) is 14.2. The summed E-state index contributed by atoms with van der Waals surface area (Å²) in [5.74, 6) is -0.291. The van der Waals surface area contributed by atoms with Crippen molar-refractivity contribution in [2.45, 2.75) is 24.7 Å². The minimum absolute atomic E-state index is 0.116. The number of rotatable bonds is 4. The fourth-order valence-corrected chi connectivity index (χ4v) is 5.81. The maximum Gasteiger partial charge on any atom is 0.265 e. The molecule has 0 radical (unpaired) electrons. The van der Waals surface area contributed by atoms with Crippen molar-refractivity contribution >= 4 is 44.6 Å². The summed E-state index contributed by atoms with van der Waals surface area (Å²) in [6, 6.07) is 5.67. The largest absolute Gasteiger partial charge is 0.506 e. The van der Waals surface area contributed by atoms with Gasteiger partial charge in [0.2, 0.25) is 10.0 Å². The molecule has 0 unspecified atom stereocenters. The van der Waals surface area contributed by atoms with Crippen LogP contribution in [-0.2, 0) is 10.0 Å². The van der Waals surface area contributed by atoms with E-state index in [9.17, 15) is 18.3 Å². The predicted molar refractivity (Wildman–Crippen MR) is 103 cm³/mol. The summed E-state index contributed by atoms with van der Waals surface area (Å²) in [6.07, 6.45) is 1.86. The number of anilines is 1. The first-order valence-corrected chi connectivity index (χ1v) is 10.9. The average molecular weight is 415 g/mol. The van der Waals surface area contributed by atoms with Crippen LogP contribution in [0.3, 0.4) is 0 Å². The van der Waals surface area contributed by atoms with Crippen LogP contribution in [0.25, 0.3) is 0 Å². The third-order valence-electron chi connectivity index (χ3n) is 4.26. The first-order valence-electron chi connectivity index (χ1n) is 8.16. The fourth-order valence-electron chi connectivity index (χ4n) is 2.88. The molecule has 1 amide bonds. The second kappa shape index (κ2) is 7.56. The van der Waals surface area contributed by atoms with E-state index in [0.29, 0.717) is 24.0 Å². The Morgan fingerprint density at radius 1 is 1.38 bits per heavy atom.